The van der Waals surface area contributed by atoms with E-state index in [0.717, 1.165) is 10.9 Å². The van der Waals surface area contributed by atoms with Crippen molar-refractivity contribution < 1.29 is 14.3 Å². The molecule has 0 spiro atoms. The molecule has 0 saturated heterocycles. The number of aromatic nitrogens is 2. The molecule has 162 valence electrons. The van der Waals surface area contributed by atoms with Gasteiger partial charge in [0.15, 0.2) is 11.9 Å². The van der Waals surface area contributed by atoms with Crippen LogP contribution in [0.2, 0.25) is 0 Å². The molecule has 7 heteroatoms. The zero-order valence-electron chi connectivity index (χ0n) is 17.7. The largest absolute Gasteiger partial charge is 0.481 e. The quantitative estimate of drug-likeness (QED) is 0.384. The second kappa shape index (κ2) is 9.78. The molecule has 0 saturated carbocycles. The predicted octanol–water partition coefficient (Wildman–Crippen LogP) is 4.54. The molecule has 4 rings (SSSR count). The van der Waals surface area contributed by atoms with E-state index in [1.165, 1.54) is 0 Å². The van der Waals surface area contributed by atoms with Gasteiger partial charge in [0.2, 0.25) is 5.91 Å². The van der Waals surface area contributed by atoms with Gasteiger partial charge < -0.3 is 15.4 Å². The van der Waals surface area contributed by atoms with Crippen LogP contribution in [-0.2, 0) is 16.0 Å². The van der Waals surface area contributed by atoms with Crippen LogP contribution in [0.4, 0.5) is 11.5 Å². The lowest BCUT2D eigenvalue weighted by atomic mass is 10.1. The number of ether oxygens (including phenoxy) is 1. The van der Waals surface area contributed by atoms with Crippen molar-refractivity contribution in [2.45, 2.75) is 25.9 Å². The number of para-hydroxylation sites is 1. The number of aromatic amines is 1. The second-order valence-corrected chi connectivity index (χ2v) is 7.43. The van der Waals surface area contributed by atoms with Crippen molar-refractivity contribution in [2.24, 2.45) is 0 Å². The van der Waals surface area contributed by atoms with Gasteiger partial charge in [0.05, 0.1) is 5.52 Å². The number of hydrogen-bond donors (Lipinski definition) is 3. The monoisotopic (exact) mass is 428 g/mol. The second-order valence-electron chi connectivity index (χ2n) is 7.43. The normalized spacial score (nSPS) is 11.7. The van der Waals surface area contributed by atoms with Crippen molar-refractivity contribution in [1.82, 2.24) is 10.2 Å². The Labute approximate surface area is 185 Å². The minimum absolute atomic E-state index is 0.103. The number of aryl methyl sites for hydroxylation is 1. The highest BCUT2D eigenvalue weighted by Crippen LogP contribution is 2.25. The van der Waals surface area contributed by atoms with Gasteiger partial charge >= 0.3 is 0 Å². The SMILES string of the molecule is CC(Oc1ccc2c(NC(=O)CCc3ccccc3)n[nH]c2c1)C(=O)Nc1ccccc1. The fourth-order valence-corrected chi connectivity index (χ4v) is 3.29. The molecule has 4 aromatic rings. The first-order chi connectivity index (χ1) is 15.6. The van der Waals surface area contributed by atoms with Gasteiger partial charge in [-0.2, -0.15) is 5.10 Å². The first-order valence-corrected chi connectivity index (χ1v) is 10.4. The lowest BCUT2D eigenvalue weighted by Crippen LogP contribution is -2.30. The third-order valence-corrected chi connectivity index (χ3v) is 5.00. The third-order valence-electron chi connectivity index (χ3n) is 5.00. The minimum Gasteiger partial charge on any atom is -0.481 e. The van der Waals surface area contributed by atoms with Crippen LogP contribution in [0, 0.1) is 0 Å². The van der Waals surface area contributed by atoms with Crippen molar-refractivity contribution in [2.75, 3.05) is 10.6 Å². The molecule has 7 nitrogen and oxygen atoms in total. The maximum atomic E-state index is 12.4. The van der Waals surface area contributed by atoms with E-state index in [4.69, 9.17) is 4.74 Å². The number of nitrogens with zero attached hydrogens (tertiary/aromatic N) is 1. The van der Waals surface area contributed by atoms with Crippen LogP contribution in [0.3, 0.4) is 0 Å². The average molecular weight is 428 g/mol. The molecule has 1 atom stereocenters. The number of hydrogen-bond acceptors (Lipinski definition) is 4. The van der Waals surface area contributed by atoms with Crippen LogP contribution in [0.1, 0.15) is 18.9 Å². The van der Waals surface area contributed by atoms with E-state index in [1.54, 1.807) is 19.1 Å². The van der Waals surface area contributed by atoms with Gasteiger partial charge in [-0.15, -0.1) is 0 Å². The fraction of sp³-hybridized carbons (Fsp3) is 0.160. The summed E-state index contributed by atoms with van der Waals surface area (Å²) in [7, 11) is 0. The van der Waals surface area contributed by atoms with Crippen LogP contribution >= 0.6 is 0 Å². The third kappa shape index (κ3) is 5.31. The Kier molecular flexibility index (Phi) is 6.46. The van der Waals surface area contributed by atoms with Crippen LogP contribution < -0.4 is 15.4 Å². The van der Waals surface area contributed by atoms with Gasteiger partial charge in [-0.25, -0.2) is 0 Å². The molecule has 2 amide bonds. The molecule has 32 heavy (non-hydrogen) atoms. The van der Waals surface area contributed by atoms with Gasteiger partial charge in [-0.1, -0.05) is 48.5 Å². The molecule has 0 radical (unpaired) electrons. The smallest absolute Gasteiger partial charge is 0.265 e. The van der Waals surface area contributed by atoms with Crippen molar-refractivity contribution >= 4 is 34.2 Å². The van der Waals surface area contributed by atoms with Crippen molar-refractivity contribution in [3.05, 3.63) is 84.4 Å². The number of amides is 2. The number of carbonyl (C=O) groups is 2. The summed E-state index contributed by atoms with van der Waals surface area (Å²) < 4.78 is 5.79. The van der Waals surface area contributed by atoms with Crippen LogP contribution in [0.15, 0.2) is 78.9 Å². The molecule has 0 aliphatic heterocycles. The summed E-state index contributed by atoms with van der Waals surface area (Å²) in [6, 6.07) is 24.4. The molecule has 0 aliphatic rings. The standard InChI is InChI=1S/C25H24N4O3/c1-17(25(31)26-19-10-6-3-7-11-19)32-20-13-14-21-22(16-20)28-29-24(21)27-23(30)15-12-18-8-4-2-5-9-18/h2-11,13-14,16-17H,12,15H2,1H3,(H,26,31)(H2,27,28,29,30). The van der Waals surface area contributed by atoms with E-state index in [9.17, 15) is 9.59 Å². The number of benzene rings is 3. The van der Waals surface area contributed by atoms with Crippen molar-refractivity contribution in [1.29, 1.82) is 0 Å². The fourth-order valence-electron chi connectivity index (χ4n) is 3.29. The zero-order valence-corrected chi connectivity index (χ0v) is 17.7. The van der Waals surface area contributed by atoms with E-state index in [-0.39, 0.29) is 11.8 Å². The van der Waals surface area contributed by atoms with E-state index in [2.05, 4.69) is 20.8 Å². The molecule has 0 aliphatic carbocycles. The Bertz CT molecular complexity index is 1210. The van der Waals surface area contributed by atoms with Gasteiger partial charge in [-0.05, 0) is 43.2 Å². The lowest BCUT2D eigenvalue weighted by Gasteiger charge is -2.14. The molecule has 1 heterocycles. The number of rotatable bonds is 8. The van der Waals surface area contributed by atoms with Gasteiger partial charge in [-0.3, -0.25) is 14.7 Å². The van der Waals surface area contributed by atoms with Crippen molar-refractivity contribution in [3.63, 3.8) is 0 Å². The molecule has 0 fully saturated rings. The van der Waals surface area contributed by atoms with Crippen molar-refractivity contribution in [3.8, 4) is 5.75 Å². The molecular formula is C25H24N4O3. The molecular weight excluding hydrogens is 404 g/mol. The first-order valence-electron chi connectivity index (χ1n) is 10.4. The zero-order chi connectivity index (χ0) is 22.3. The van der Waals surface area contributed by atoms with Gasteiger partial charge in [0, 0.05) is 23.6 Å². The Morgan fingerprint density at radius 2 is 1.69 bits per heavy atom. The summed E-state index contributed by atoms with van der Waals surface area (Å²) in [5.74, 6) is 0.652. The topological polar surface area (TPSA) is 96.1 Å². The molecule has 1 unspecified atom stereocenters. The summed E-state index contributed by atoms with van der Waals surface area (Å²) in [5, 5.41) is 13.6. The first kappa shape index (κ1) is 21.1. The maximum Gasteiger partial charge on any atom is 0.265 e. The number of nitrogens with one attached hydrogen (secondary N) is 3. The summed E-state index contributed by atoms with van der Waals surface area (Å²) in [6.07, 6.45) is 0.344. The Balaban J connectivity index is 1.35. The van der Waals surface area contributed by atoms with Gasteiger partial charge in [0.1, 0.15) is 5.75 Å². The lowest BCUT2D eigenvalue weighted by molar-refractivity contribution is -0.122. The summed E-state index contributed by atoms with van der Waals surface area (Å²) in [6.45, 7) is 1.69. The van der Waals surface area contributed by atoms with E-state index < -0.39 is 6.10 Å². The van der Waals surface area contributed by atoms with E-state index >= 15 is 0 Å². The number of H-pyrrole nitrogens is 1. The Hall–Kier alpha value is -4.13. The number of anilines is 2. The Morgan fingerprint density at radius 3 is 2.44 bits per heavy atom. The molecule has 3 aromatic carbocycles. The number of carbonyl (C=O) groups excluding carboxylic acids is 2. The maximum absolute atomic E-state index is 12.4. The highest BCUT2D eigenvalue weighted by atomic mass is 16.5. The molecule has 1 aromatic heterocycles. The van der Waals surface area contributed by atoms with Gasteiger partial charge in [0.25, 0.3) is 5.91 Å². The predicted molar refractivity (Wildman–Crippen MR) is 125 cm³/mol. The van der Waals surface area contributed by atoms with Crippen LogP contribution in [0.25, 0.3) is 10.9 Å². The molecule has 3 N–H and O–H groups in total. The highest BCUT2D eigenvalue weighted by Gasteiger charge is 2.16. The highest BCUT2D eigenvalue weighted by molar-refractivity contribution is 6.00. The molecule has 0 bridgehead atoms. The Morgan fingerprint density at radius 1 is 0.969 bits per heavy atom. The average Bonchev–Trinajstić information content (AvgIpc) is 3.21. The summed E-state index contributed by atoms with van der Waals surface area (Å²) in [5.41, 5.74) is 2.53. The number of fused-ring (bicyclic) bond motifs is 1. The van der Waals surface area contributed by atoms with E-state index in [1.807, 2.05) is 66.7 Å². The van der Waals surface area contributed by atoms with E-state index in [0.29, 0.717) is 35.6 Å². The van der Waals surface area contributed by atoms with Crippen LogP contribution in [0.5, 0.6) is 5.75 Å². The minimum atomic E-state index is -0.687. The summed E-state index contributed by atoms with van der Waals surface area (Å²) >= 11 is 0. The summed E-state index contributed by atoms with van der Waals surface area (Å²) in [4.78, 5) is 24.7. The van der Waals surface area contributed by atoms with Crippen LogP contribution in [-0.4, -0.2) is 28.1 Å².